The van der Waals surface area contributed by atoms with Crippen LogP contribution in [-0.2, 0) is 9.53 Å². The van der Waals surface area contributed by atoms with Crippen molar-refractivity contribution < 1.29 is 19.4 Å². The lowest BCUT2D eigenvalue weighted by Gasteiger charge is -2.54. The van der Waals surface area contributed by atoms with Gasteiger partial charge >= 0.3 is 5.97 Å². The fourth-order valence-corrected chi connectivity index (χ4v) is 8.39. The second-order valence-electron chi connectivity index (χ2n) is 11.7. The number of hydrogen-bond acceptors (Lipinski definition) is 6. The summed E-state index contributed by atoms with van der Waals surface area (Å²) in [6.45, 7) is 1.06. The van der Waals surface area contributed by atoms with Crippen LogP contribution in [0.1, 0.15) is 86.2 Å². The third-order valence-electron chi connectivity index (χ3n) is 9.41. The molecule has 5 saturated carbocycles. The number of carboxylic acid groups (broad SMARTS) is 1. The van der Waals surface area contributed by atoms with Crippen LogP contribution in [0.5, 0.6) is 0 Å². The van der Waals surface area contributed by atoms with E-state index in [4.69, 9.17) is 27.5 Å². The molecule has 1 amide bonds. The monoisotopic (exact) mass is 499 g/mol. The molecule has 4 bridgehead atoms. The molecule has 190 valence electrons. The molecule has 0 spiro atoms. The van der Waals surface area contributed by atoms with Crippen molar-refractivity contribution in [3.63, 3.8) is 0 Å². The lowest BCUT2D eigenvalue weighted by atomic mass is 9.54. The molecular formula is C27H37N3O4S. The molecule has 7 rings (SSSR count). The van der Waals surface area contributed by atoms with Gasteiger partial charge in [0.05, 0.1) is 17.4 Å². The van der Waals surface area contributed by atoms with Crippen molar-refractivity contribution in [1.29, 1.82) is 0 Å². The Morgan fingerprint density at radius 1 is 1.09 bits per heavy atom. The van der Waals surface area contributed by atoms with Crippen LogP contribution in [0.3, 0.4) is 0 Å². The Bertz CT molecular complexity index is 967. The molecule has 1 saturated heterocycles. The van der Waals surface area contributed by atoms with E-state index in [2.05, 4.69) is 10.2 Å². The summed E-state index contributed by atoms with van der Waals surface area (Å²) >= 11 is 4.77. The number of amides is 1. The molecule has 1 aromatic heterocycles. The van der Waals surface area contributed by atoms with Crippen LogP contribution in [0.4, 0.5) is 5.82 Å². The number of carboxylic acids is 1. The number of pyridine rings is 1. The van der Waals surface area contributed by atoms with E-state index in [-0.39, 0.29) is 18.6 Å². The number of nitrogens with zero attached hydrogens (tertiary/aromatic N) is 2. The predicted octanol–water partition coefficient (Wildman–Crippen LogP) is 4.26. The second kappa shape index (κ2) is 9.58. The summed E-state index contributed by atoms with van der Waals surface area (Å²) in [5.74, 6) is 3.23. The summed E-state index contributed by atoms with van der Waals surface area (Å²) in [4.78, 5) is 32.5. The Labute approximate surface area is 212 Å². The zero-order valence-corrected chi connectivity index (χ0v) is 21.2. The van der Waals surface area contributed by atoms with Gasteiger partial charge in [0.2, 0.25) is 0 Å². The van der Waals surface area contributed by atoms with Gasteiger partial charge in [0, 0.05) is 29.9 Å². The van der Waals surface area contributed by atoms with Crippen LogP contribution >= 0.6 is 12.6 Å². The van der Waals surface area contributed by atoms with Crippen molar-refractivity contribution >= 4 is 30.3 Å². The Hall–Kier alpha value is -1.80. The number of carbonyl (C=O) groups excluding carboxylic acids is 1. The number of carbonyl (C=O) groups is 2. The molecule has 5 aliphatic carbocycles. The third-order valence-corrected chi connectivity index (χ3v) is 9.74. The van der Waals surface area contributed by atoms with Gasteiger partial charge in [-0.3, -0.25) is 4.79 Å². The van der Waals surface area contributed by atoms with Crippen molar-refractivity contribution in [3.8, 4) is 0 Å². The van der Waals surface area contributed by atoms with E-state index >= 15 is 0 Å². The van der Waals surface area contributed by atoms with Gasteiger partial charge in [-0.15, -0.1) is 12.6 Å². The number of rotatable bonds is 7. The molecule has 2 N–H and O–H groups in total. The van der Waals surface area contributed by atoms with E-state index in [1.165, 1.54) is 44.9 Å². The van der Waals surface area contributed by atoms with Crippen molar-refractivity contribution in [2.45, 2.75) is 87.2 Å². The normalized spacial score (nSPS) is 34.0. The largest absolute Gasteiger partial charge is 0.480 e. The lowest BCUT2D eigenvalue weighted by Crippen LogP contribution is -2.55. The Morgan fingerprint density at radius 3 is 2.43 bits per heavy atom. The van der Waals surface area contributed by atoms with Gasteiger partial charge in [-0.2, -0.15) is 0 Å². The van der Waals surface area contributed by atoms with Gasteiger partial charge in [0.15, 0.2) is 0 Å². The van der Waals surface area contributed by atoms with E-state index in [1.807, 2.05) is 6.07 Å². The number of aliphatic carboxylic acids is 1. The van der Waals surface area contributed by atoms with Crippen molar-refractivity contribution in [3.05, 3.63) is 17.3 Å². The maximum absolute atomic E-state index is 13.7. The van der Waals surface area contributed by atoms with Gasteiger partial charge in [0.1, 0.15) is 12.4 Å². The highest BCUT2D eigenvalue weighted by atomic mass is 32.1. The number of ether oxygens (including phenoxy) is 1. The summed E-state index contributed by atoms with van der Waals surface area (Å²) in [5, 5.41) is 12.4. The zero-order chi connectivity index (χ0) is 24.1. The van der Waals surface area contributed by atoms with Crippen LogP contribution in [0, 0.1) is 23.7 Å². The molecule has 7 nitrogen and oxygen atoms in total. The van der Waals surface area contributed by atoms with Crippen molar-refractivity contribution in [1.82, 2.24) is 10.3 Å². The molecule has 0 unspecified atom stereocenters. The van der Waals surface area contributed by atoms with Crippen molar-refractivity contribution in [2.24, 2.45) is 23.7 Å². The molecule has 1 atom stereocenters. The molecule has 2 heterocycles. The van der Waals surface area contributed by atoms with E-state index in [9.17, 15) is 9.59 Å². The van der Waals surface area contributed by atoms with Gasteiger partial charge < -0.3 is 20.1 Å². The molecule has 1 aromatic rings. The first kappa shape index (κ1) is 23.6. The average Bonchev–Trinajstić information content (AvgIpc) is 3.52. The summed E-state index contributed by atoms with van der Waals surface area (Å²) in [6.07, 6.45) is 11.7. The molecule has 1 aliphatic heterocycles. The maximum atomic E-state index is 13.7. The van der Waals surface area contributed by atoms with E-state index in [1.54, 1.807) is 0 Å². The number of nitrogens with one attached hydrogen (secondary N) is 1. The summed E-state index contributed by atoms with van der Waals surface area (Å²) in [6, 6.07) is 2.25. The number of anilines is 1. The molecule has 6 fully saturated rings. The van der Waals surface area contributed by atoms with Gasteiger partial charge in [0.25, 0.3) is 5.91 Å². The van der Waals surface area contributed by atoms with E-state index in [0.29, 0.717) is 40.8 Å². The minimum absolute atomic E-state index is 0.0304. The predicted molar refractivity (Wildman–Crippen MR) is 135 cm³/mol. The van der Waals surface area contributed by atoms with Crippen molar-refractivity contribution in [2.75, 3.05) is 24.6 Å². The number of aromatic nitrogens is 1. The smallest absolute Gasteiger partial charge is 0.329 e. The molecule has 35 heavy (non-hydrogen) atoms. The zero-order valence-electron chi connectivity index (χ0n) is 20.3. The minimum Gasteiger partial charge on any atom is -0.480 e. The van der Waals surface area contributed by atoms with Gasteiger partial charge in [-0.1, -0.05) is 12.8 Å². The third kappa shape index (κ3) is 4.68. The molecular weight excluding hydrogens is 462 g/mol. The fraction of sp³-hybridized carbons (Fsp3) is 0.741. The SMILES string of the molecule is O=C(O)CO[C@H]1CCN(c2nc(C3CCCC3)c(C(=O)NC3C4CC5CC(C4)CC3C5)cc2S)C1. The highest BCUT2D eigenvalue weighted by molar-refractivity contribution is 7.80. The van der Waals surface area contributed by atoms with Crippen LogP contribution in [0.25, 0.3) is 0 Å². The second-order valence-corrected chi connectivity index (χ2v) is 12.2. The average molecular weight is 500 g/mol. The summed E-state index contributed by atoms with van der Waals surface area (Å²) < 4.78 is 5.52. The lowest BCUT2D eigenvalue weighted by molar-refractivity contribution is -0.143. The first-order valence-electron chi connectivity index (χ1n) is 13.6. The van der Waals surface area contributed by atoms with Gasteiger partial charge in [-0.25, -0.2) is 9.78 Å². The molecule has 8 heteroatoms. The first-order chi connectivity index (χ1) is 16.9. The first-order valence-corrected chi connectivity index (χ1v) is 14.0. The van der Waals surface area contributed by atoms with E-state index in [0.717, 1.165) is 49.2 Å². The summed E-state index contributed by atoms with van der Waals surface area (Å²) in [5.41, 5.74) is 1.63. The van der Waals surface area contributed by atoms with Crippen LogP contribution in [0.15, 0.2) is 11.0 Å². The molecule has 0 aromatic carbocycles. The highest BCUT2D eigenvalue weighted by Gasteiger charge is 2.48. The quantitative estimate of drug-likeness (QED) is 0.486. The molecule has 6 aliphatic rings. The van der Waals surface area contributed by atoms with Crippen LogP contribution < -0.4 is 10.2 Å². The van der Waals surface area contributed by atoms with E-state index < -0.39 is 5.97 Å². The number of thiol groups is 1. The Balaban J connectivity index is 1.23. The fourth-order valence-electron chi connectivity index (χ4n) is 8.07. The van der Waals surface area contributed by atoms with Crippen LogP contribution in [0.2, 0.25) is 0 Å². The van der Waals surface area contributed by atoms with Gasteiger partial charge in [-0.05, 0) is 81.1 Å². The maximum Gasteiger partial charge on any atom is 0.329 e. The standard InChI is InChI=1S/C27H37N3O4S/c31-23(32)14-34-20-5-6-30(13-20)26-22(35)12-21(25(28-26)17-3-1-2-4-17)27(33)29-24-18-8-15-7-16(10-18)11-19(24)9-15/h12,15-20,24,35H,1-11,13-14H2,(H,29,33)(H,31,32)/t15?,16?,18?,19?,20-,24?/m0/s1. The minimum atomic E-state index is -0.950. The molecule has 0 radical (unpaired) electrons. The van der Waals surface area contributed by atoms with Crippen LogP contribution in [-0.4, -0.2) is 53.8 Å². The Kier molecular flexibility index (Phi) is 6.46. The topological polar surface area (TPSA) is 91.8 Å². The summed E-state index contributed by atoms with van der Waals surface area (Å²) in [7, 11) is 0. The highest BCUT2D eigenvalue weighted by Crippen LogP contribution is 2.53. The number of hydrogen-bond donors (Lipinski definition) is 3. The Morgan fingerprint density at radius 2 is 1.77 bits per heavy atom.